The maximum absolute atomic E-state index is 4.65. The quantitative estimate of drug-likeness (QED) is 0.438. The molecule has 2 aromatic rings. The highest BCUT2D eigenvalue weighted by molar-refractivity contribution is 5.79. The molecule has 6 heteroatoms. The van der Waals surface area contributed by atoms with Gasteiger partial charge in [0.05, 0.1) is 0 Å². The van der Waals surface area contributed by atoms with Crippen molar-refractivity contribution in [2.24, 2.45) is 4.99 Å². The Morgan fingerprint density at radius 2 is 1.79 bits per heavy atom. The number of pyridine rings is 1. The molecule has 1 aliphatic heterocycles. The summed E-state index contributed by atoms with van der Waals surface area (Å²) in [5, 5.41) is 6.75. The number of aliphatic imine (C=N–C) groups is 1. The van der Waals surface area contributed by atoms with E-state index < -0.39 is 0 Å². The van der Waals surface area contributed by atoms with Crippen LogP contribution in [0.3, 0.4) is 0 Å². The van der Waals surface area contributed by atoms with E-state index in [1.807, 2.05) is 6.20 Å². The maximum Gasteiger partial charge on any atom is 0.191 e. The molecule has 0 saturated carbocycles. The van der Waals surface area contributed by atoms with Gasteiger partial charge in [-0.05, 0) is 37.1 Å². The zero-order valence-electron chi connectivity index (χ0n) is 17.1. The second-order valence-electron chi connectivity index (χ2n) is 7.26. The molecule has 1 saturated heterocycles. The van der Waals surface area contributed by atoms with E-state index in [-0.39, 0.29) is 0 Å². The van der Waals surface area contributed by atoms with Gasteiger partial charge in [-0.25, -0.2) is 4.98 Å². The van der Waals surface area contributed by atoms with Crippen LogP contribution in [0.2, 0.25) is 0 Å². The van der Waals surface area contributed by atoms with E-state index in [9.17, 15) is 0 Å². The summed E-state index contributed by atoms with van der Waals surface area (Å²) in [5.74, 6) is 1.90. The predicted molar refractivity (Wildman–Crippen MR) is 117 cm³/mol. The summed E-state index contributed by atoms with van der Waals surface area (Å²) >= 11 is 0. The highest BCUT2D eigenvalue weighted by Gasteiger charge is 2.14. The zero-order chi connectivity index (χ0) is 19.6. The number of rotatable bonds is 7. The van der Waals surface area contributed by atoms with E-state index in [2.05, 4.69) is 79.9 Å². The highest BCUT2D eigenvalue weighted by Crippen LogP contribution is 2.13. The van der Waals surface area contributed by atoms with E-state index >= 15 is 0 Å². The van der Waals surface area contributed by atoms with Gasteiger partial charge in [0, 0.05) is 52.5 Å². The summed E-state index contributed by atoms with van der Waals surface area (Å²) in [7, 11) is 3.98. The van der Waals surface area contributed by atoms with Crippen LogP contribution in [0.25, 0.3) is 0 Å². The fourth-order valence-corrected chi connectivity index (χ4v) is 3.29. The van der Waals surface area contributed by atoms with Crippen LogP contribution in [-0.4, -0.2) is 62.7 Å². The third-order valence-corrected chi connectivity index (χ3v) is 5.10. The number of piperazine rings is 1. The zero-order valence-corrected chi connectivity index (χ0v) is 17.1. The number of guanidine groups is 1. The molecule has 0 aliphatic carbocycles. The minimum absolute atomic E-state index is 0.717. The molecule has 1 fully saturated rings. The molecule has 2 heterocycles. The standard InChI is InChI=1S/C22H32N6/c1-23-22(24-12-6-9-19-7-4-3-5-8-19)26-18-20-10-11-21(25-17-20)28-15-13-27(2)14-16-28/h3-5,7-8,10-11,17H,6,9,12-16,18H2,1-2H3,(H2,23,24,26). The van der Waals surface area contributed by atoms with E-state index in [0.29, 0.717) is 6.54 Å². The molecule has 1 aliphatic rings. The van der Waals surface area contributed by atoms with Gasteiger partial charge in [-0.3, -0.25) is 4.99 Å². The Morgan fingerprint density at radius 3 is 2.46 bits per heavy atom. The lowest BCUT2D eigenvalue weighted by atomic mass is 10.1. The third-order valence-electron chi connectivity index (χ3n) is 5.10. The second kappa shape index (κ2) is 10.7. The van der Waals surface area contributed by atoms with Crippen LogP contribution in [0.1, 0.15) is 17.5 Å². The highest BCUT2D eigenvalue weighted by atomic mass is 15.3. The van der Waals surface area contributed by atoms with Gasteiger partial charge in [-0.2, -0.15) is 0 Å². The Hall–Kier alpha value is -2.60. The van der Waals surface area contributed by atoms with Crippen LogP contribution in [0.15, 0.2) is 53.7 Å². The van der Waals surface area contributed by atoms with Gasteiger partial charge in [0.15, 0.2) is 5.96 Å². The van der Waals surface area contributed by atoms with Crippen molar-refractivity contribution in [2.45, 2.75) is 19.4 Å². The number of hydrogen-bond donors (Lipinski definition) is 2. The smallest absolute Gasteiger partial charge is 0.191 e. The summed E-state index contributed by atoms with van der Waals surface area (Å²) in [5.41, 5.74) is 2.53. The molecule has 0 spiro atoms. The molecule has 6 nitrogen and oxygen atoms in total. The van der Waals surface area contributed by atoms with Crippen LogP contribution in [0, 0.1) is 0 Å². The number of likely N-dealkylation sites (N-methyl/N-ethyl adjacent to an activating group) is 1. The Labute approximate surface area is 168 Å². The summed E-state index contributed by atoms with van der Waals surface area (Å²) in [6.07, 6.45) is 4.11. The Bertz CT molecular complexity index is 720. The lowest BCUT2D eigenvalue weighted by molar-refractivity contribution is 0.312. The topological polar surface area (TPSA) is 55.8 Å². The van der Waals surface area contributed by atoms with Crippen LogP contribution >= 0.6 is 0 Å². The molecule has 0 unspecified atom stereocenters. The fraction of sp³-hybridized carbons (Fsp3) is 0.455. The van der Waals surface area contributed by atoms with Crippen molar-refractivity contribution in [1.29, 1.82) is 0 Å². The predicted octanol–water partition coefficient (Wildman–Crippen LogP) is 2.13. The largest absolute Gasteiger partial charge is 0.356 e. The first-order valence-corrected chi connectivity index (χ1v) is 10.1. The monoisotopic (exact) mass is 380 g/mol. The van der Waals surface area contributed by atoms with Crippen molar-refractivity contribution in [3.05, 3.63) is 59.8 Å². The van der Waals surface area contributed by atoms with Gasteiger partial charge in [0.25, 0.3) is 0 Å². The molecular formula is C22H32N6. The molecular weight excluding hydrogens is 348 g/mol. The Morgan fingerprint density at radius 1 is 1.00 bits per heavy atom. The molecule has 2 N–H and O–H groups in total. The van der Waals surface area contributed by atoms with E-state index in [1.165, 1.54) is 5.56 Å². The molecule has 28 heavy (non-hydrogen) atoms. The normalized spacial score (nSPS) is 15.5. The average Bonchev–Trinajstić information content (AvgIpc) is 2.75. The molecule has 0 bridgehead atoms. The Kier molecular flexibility index (Phi) is 7.67. The number of hydrogen-bond acceptors (Lipinski definition) is 4. The number of aromatic nitrogens is 1. The molecule has 1 aromatic heterocycles. The fourth-order valence-electron chi connectivity index (χ4n) is 3.29. The molecule has 0 atom stereocenters. The van der Waals surface area contributed by atoms with Crippen molar-refractivity contribution in [3.8, 4) is 0 Å². The average molecular weight is 381 g/mol. The number of benzene rings is 1. The van der Waals surface area contributed by atoms with Gasteiger partial charge in [0.1, 0.15) is 5.82 Å². The van der Waals surface area contributed by atoms with Gasteiger partial charge >= 0.3 is 0 Å². The van der Waals surface area contributed by atoms with Crippen LogP contribution in [0.4, 0.5) is 5.82 Å². The van der Waals surface area contributed by atoms with Crippen LogP contribution < -0.4 is 15.5 Å². The van der Waals surface area contributed by atoms with E-state index in [0.717, 1.165) is 62.9 Å². The molecule has 150 valence electrons. The number of aryl methyl sites for hydroxylation is 1. The Balaban J connectivity index is 1.38. The minimum atomic E-state index is 0.717. The first-order valence-electron chi connectivity index (χ1n) is 10.1. The van der Waals surface area contributed by atoms with Gasteiger partial charge in [-0.15, -0.1) is 0 Å². The van der Waals surface area contributed by atoms with Crippen molar-refractivity contribution in [2.75, 3.05) is 51.7 Å². The summed E-state index contributed by atoms with van der Waals surface area (Å²) in [6.45, 7) is 5.89. The van der Waals surface area contributed by atoms with Crippen molar-refractivity contribution >= 4 is 11.8 Å². The van der Waals surface area contributed by atoms with Crippen LogP contribution in [0.5, 0.6) is 0 Å². The van der Waals surface area contributed by atoms with E-state index in [4.69, 9.17) is 0 Å². The summed E-state index contributed by atoms with van der Waals surface area (Å²) in [4.78, 5) is 13.7. The van der Waals surface area contributed by atoms with Crippen molar-refractivity contribution < 1.29 is 0 Å². The third kappa shape index (κ3) is 6.23. The molecule has 0 radical (unpaired) electrons. The first kappa shape index (κ1) is 20.1. The lowest BCUT2D eigenvalue weighted by Gasteiger charge is -2.33. The number of anilines is 1. The molecule has 1 aromatic carbocycles. The second-order valence-corrected chi connectivity index (χ2v) is 7.26. The summed E-state index contributed by atoms with van der Waals surface area (Å²) in [6, 6.07) is 14.9. The SMILES string of the molecule is CN=C(NCCCc1ccccc1)NCc1ccc(N2CCN(C)CC2)nc1. The number of nitrogens with zero attached hydrogens (tertiary/aromatic N) is 4. The number of nitrogens with one attached hydrogen (secondary N) is 2. The van der Waals surface area contributed by atoms with Gasteiger partial charge in [0.2, 0.25) is 0 Å². The lowest BCUT2D eigenvalue weighted by Crippen LogP contribution is -2.44. The first-order chi connectivity index (χ1) is 13.7. The van der Waals surface area contributed by atoms with Gasteiger partial charge in [-0.1, -0.05) is 36.4 Å². The van der Waals surface area contributed by atoms with Gasteiger partial charge < -0.3 is 20.4 Å². The molecule has 3 rings (SSSR count). The molecule has 0 amide bonds. The minimum Gasteiger partial charge on any atom is -0.356 e. The van der Waals surface area contributed by atoms with Crippen molar-refractivity contribution in [3.63, 3.8) is 0 Å². The van der Waals surface area contributed by atoms with E-state index in [1.54, 1.807) is 7.05 Å². The maximum atomic E-state index is 4.65. The van der Waals surface area contributed by atoms with Crippen LogP contribution in [-0.2, 0) is 13.0 Å². The van der Waals surface area contributed by atoms with Crippen molar-refractivity contribution in [1.82, 2.24) is 20.5 Å². The summed E-state index contributed by atoms with van der Waals surface area (Å²) < 4.78 is 0.